The Morgan fingerprint density at radius 3 is 2.90 bits per heavy atom. The second-order valence-corrected chi connectivity index (χ2v) is 6.09. The van der Waals surface area contributed by atoms with Crippen molar-refractivity contribution >= 4 is 5.91 Å². The van der Waals surface area contributed by atoms with E-state index in [-0.39, 0.29) is 11.9 Å². The molecule has 2 fully saturated rings. The van der Waals surface area contributed by atoms with E-state index in [1.165, 1.54) is 5.56 Å². The Morgan fingerprint density at radius 1 is 1.29 bits per heavy atom. The van der Waals surface area contributed by atoms with Gasteiger partial charge < -0.3 is 15.0 Å². The maximum absolute atomic E-state index is 12.3. The van der Waals surface area contributed by atoms with Crippen molar-refractivity contribution in [2.45, 2.75) is 31.9 Å². The van der Waals surface area contributed by atoms with Crippen LogP contribution in [0.25, 0.3) is 0 Å². The Labute approximate surface area is 126 Å². The molecule has 0 spiro atoms. The third-order valence-corrected chi connectivity index (χ3v) is 4.42. The van der Waals surface area contributed by atoms with Crippen molar-refractivity contribution < 1.29 is 9.53 Å². The zero-order valence-electron chi connectivity index (χ0n) is 12.5. The smallest absolute Gasteiger partial charge is 0.239 e. The number of ether oxygens (including phenoxy) is 1. The number of hydrogen-bond acceptors (Lipinski definition) is 3. The zero-order valence-corrected chi connectivity index (χ0v) is 12.5. The van der Waals surface area contributed by atoms with Crippen LogP contribution in [0.3, 0.4) is 0 Å². The van der Waals surface area contributed by atoms with Crippen molar-refractivity contribution in [1.29, 1.82) is 0 Å². The summed E-state index contributed by atoms with van der Waals surface area (Å²) in [6, 6.07) is 10.3. The number of rotatable bonds is 5. The number of likely N-dealkylation sites (tertiary alicyclic amines) is 1. The molecule has 4 nitrogen and oxygen atoms in total. The summed E-state index contributed by atoms with van der Waals surface area (Å²) in [6.07, 6.45) is 3.17. The molecule has 21 heavy (non-hydrogen) atoms. The molecule has 2 aliphatic heterocycles. The molecule has 2 atom stereocenters. The van der Waals surface area contributed by atoms with Gasteiger partial charge in [0.05, 0.1) is 19.3 Å². The van der Waals surface area contributed by atoms with Crippen LogP contribution in [0.1, 0.15) is 24.8 Å². The molecule has 114 valence electrons. The minimum Gasteiger partial charge on any atom is -0.376 e. The number of carbonyl (C=O) groups excluding carboxylic acids is 1. The number of benzene rings is 1. The van der Waals surface area contributed by atoms with E-state index >= 15 is 0 Å². The largest absolute Gasteiger partial charge is 0.376 e. The van der Waals surface area contributed by atoms with Gasteiger partial charge in [0.2, 0.25) is 5.91 Å². The van der Waals surface area contributed by atoms with Crippen LogP contribution in [0, 0.1) is 5.92 Å². The van der Waals surface area contributed by atoms with Crippen LogP contribution < -0.4 is 5.32 Å². The maximum atomic E-state index is 12.3. The minimum absolute atomic E-state index is 0.0639. The Balaban J connectivity index is 1.39. The summed E-state index contributed by atoms with van der Waals surface area (Å²) in [5.74, 6) is 0.775. The summed E-state index contributed by atoms with van der Waals surface area (Å²) in [5.41, 5.74) is 1.21. The first-order valence-corrected chi connectivity index (χ1v) is 7.97. The highest BCUT2D eigenvalue weighted by Gasteiger charge is 2.32. The molecular weight excluding hydrogens is 264 g/mol. The first-order chi connectivity index (χ1) is 10.3. The van der Waals surface area contributed by atoms with E-state index in [4.69, 9.17) is 4.74 Å². The van der Waals surface area contributed by atoms with Gasteiger partial charge in [-0.25, -0.2) is 0 Å². The molecule has 1 aromatic rings. The van der Waals surface area contributed by atoms with Crippen molar-refractivity contribution in [2.75, 3.05) is 26.2 Å². The highest BCUT2D eigenvalue weighted by atomic mass is 16.5. The van der Waals surface area contributed by atoms with Crippen molar-refractivity contribution in [3.05, 3.63) is 35.9 Å². The topological polar surface area (TPSA) is 41.6 Å². The SMILES string of the molecule is O=C(C1CCCN1)N1CCC(COCc2ccccc2)C1. The summed E-state index contributed by atoms with van der Waals surface area (Å²) in [4.78, 5) is 14.3. The van der Waals surface area contributed by atoms with E-state index in [9.17, 15) is 4.79 Å². The molecule has 0 radical (unpaired) electrons. The Morgan fingerprint density at radius 2 is 2.14 bits per heavy atom. The Bertz CT molecular complexity index is 457. The van der Waals surface area contributed by atoms with Crippen molar-refractivity contribution in [2.24, 2.45) is 5.92 Å². The second kappa shape index (κ2) is 7.05. The van der Waals surface area contributed by atoms with Gasteiger partial charge in [0.15, 0.2) is 0 Å². The number of amides is 1. The fourth-order valence-electron chi connectivity index (χ4n) is 3.20. The van der Waals surface area contributed by atoms with E-state index in [1.54, 1.807) is 0 Å². The fraction of sp³-hybridized carbons (Fsp3) is 0.588. The Hall–Kier alpha value is -1.39. The lowest BCUT2D eigenvalue weighted by Crippen LogP contribution is -2.42. The molecule has 2 aliphatic rings. The minimum atomic E-state index is 0.0639. The van der Waals surface area contributed by atoms with E-state index in [1.807, 2.05) is 23.1 Å². The first kappa shape index (κ1) is 14.5. The third kappa shape index (κ3) is 3.83. The lowest BCUT2D eigenvalue weighted by atomic mass is 10.1. The van der Waals surface area contributed by atoms with Crippen LogP contribution >= 0.6 is 0 Å². The predicted molar refractivity (Wildman–Crippen MR) is 81.8 cm³/mol. The van der Waals surface area contributed by atoms with Gasteiger partial charge >= 0.3 is 0 Å². The number of carbonyl (C=O) groups is 1. The van der Waals surface area contributed by atoms with Gasteiger partial charge in [-0.05, 0) is 31.4 Å². The quantitative estimate of drug-likeness (QED) is 0.898. The zero-order chi connectivity index (χ0) is 14.5. The van der Waals surface area contributed by atoms with Crippen LogP contribution in [0.15, 0.2) is 30.3 Å². The van der Waals surface area contributed by atoms with Gasteiger partial charge in [-0.1, -0.05) is 30.3 Å². The van der Waals surface area contributed by atoms with Gasteiger partial charge in [-0.15, -0.1) is 0 Å². The molecule has 1 aromatic carbocycles. The van der Waals surface area contributed by atoms with Crippen molar-refractivity contribution in [1.82, 2.24) is 10.2 Å². The van der Waals surface area contributed by atoms with Gasteiger partial charge in [0.25, 0.3) is 0 Å². The van der Waals surface area contributed by atoms with Crippen LogP contribution in [-0.4, -0.2) is 43.1 Å². The molecule has 0 saturated carbocycles. The van der Waals surface area contributed by atoms with E-state index < -0.39 is 0 Å². The molecule has 4 heteroatoms. The van der Waals surface area contributed by atoms with Crippen LogP contribution in [0.5, 0.6) is 0 Å². The summed E-state index contributed by atoms with van der Waals surface area (Å²) >= 11 is 0. The van der Waals surface area contributed by atoms with E-state index in [2.05, 4.69) is 17.4 Å². The van der Waals surface area contributed by atoms with Crippen LogP contribution in [-0.2, 0) is 16.1 Å². The summed E-state index contributed by atoms with van der Waals surface area (Å²) in [5, 5.41) is 3.29. The highest BCUT2D eigenvalue weighted by molar-refractivity contribution is 5.82. The molecular formula is C17H24N2O2. The van der Waals surface area contributed by atoms with E-state index in [0.717, 1.165) is 45.5 Å². The molecule has 2 saturated heterocycles. The molecule has 1 amide bonds. The number of nitrogens with zero attached hydrogens (tertiary/aromatic N) is 1. The molecule has 0 aromatic heterocycles. The molecule has 0 bridgehead atoms. The third-order valence-electron chi connectivity index (χ3n) is 4.42. The van der Waals surface area contributed by atoms with Gasteiger partial charge in [0, 0.05) is 19.0 Å². The standard InChI is InChI=1S/C17H24N2O2/c20-17(16-7-4-9-18-16)19-10-8-15(11-19)13-21-12-14-5-2-1-3-6-14/h1-3,5-6,15-16,18H,4,7-13H2. The monoisotopic (exact) mass is 288 g/mol. The van der Waals surface area contributed by atoms with Crippen molar-refractivity contribution in [3.63, 3.8) is 0 Å². The van der Waals surface area contributed by atoms with Gasteiger partial charge in [-0.2, -0.15) is 0 Å². The fourth-order valence-corrected chi connectivity index (χ4v) is 3.20. The first-order valence-electron chi connectivity index (χ1n) is 7.97. The molecule has 1 N–H and O–H groups in total. The maximum Gasteiger partial charge on any atom is 0.239 e. The molecule has 2 unspecified atom stereocenters. The molecule has 3 rings (SSSR count). The lowest BCUT2D eigenvalue weighted by molar-refractivity contribution is -0.132. The van der Waals surface area contributed by atoms with Crippen LogP contribution in [0.4, 0.5) is 0 Å². The summed E-state index contributed by atoms with van der Waals surface area (Å²) < 4.78 is 5.80. The molecule has 2 heterocycles. The van der Waals surface area contributed by atoms with Gasteiger partial charge in [-0.3, -0.25) is 4.79 Å². The second-order valence-electron chi connectivity index (χ2n) is 6.09. The Kier molecular flexibility index (Phi) is 4.88. The summed E-state index contributed by atoms with van der Waals surface area (Å²) in [7, 11) is 0. The average Bonchev–Trinajstić information content (AvgIpc) is 3.19. The normalized spacial score (nSPS) is 25.4. The highest BCUT2D eigenvalue weighted by Crippen LogP contribution is 2.20. The predicted octanol–water partition coefficient (Wildman–Crippen LogP) is 1.80. The summed E-state index contributed by atoms with van der Waals surface area (Å²) in [6.45, 7) is 4.13. The lowest BCUT2D eigenvalue weighted by Gasteiger charge is -2.20. The van der Waals surface area contributed by atoms with E-state index in [0.29, 0.717) is 12.5 Å². The number of nitrogens with one attached hydrogen (secondary N) is 1. The number of hydrogen-bond donors (Lipinski definition) is 1. The molecule has 0 aliphatic carbocycles. The van der Waals surface area contributed by atoms with Gasteiger partial charge in [0.1, 0.15) is 0 Å². The van der Waals surface area contributed by atoms with Crippen LogP contribution in [0.2, 0.25) is 0 Å². The average molecular weight is 288 g/mol. The van der Waals surface area contributed by atoms with Crippen molar-refractivity contribution in [3.8, 4) is 0 Å².